The molecule has 8 bridgehead atoms. The first-order chi connectivity index (χ1) is 6.89. The summed E-state index contributed by atoms with van der Waals surface area (Å²) in [6, 6.07) is 0. The quantitative estimate of drug-likeness (QED) is 0.669. The first-order valence-electron chi connectivity index (χ1n) is 6.59. The minimum absolute atomic E-state index is 0.696. The third-order valence-corrected chi connectivity index (χ3v) is 7.26. The van der Waals surface area contributed by atoms with Crippen molar-refractivity contribution in [2.24, 2.45) is 52.6 Å². The summed E-state index contributed by atoms with van der Waals surface area (Å²) in [4.78, 5) is 0. The van der Waals surface area contributed by atoms with Crippen molar-refractivity contribution < 1.29 is 0 Å². The lowest BCUT2D eigenvalue weighted by atomic mass is 9.59. The Kier molecular flexibility index (Phi) is 0.942. The second kappa shape index (κ2) is 1.81. The van der Waals surface area contributed by atoms with E-state index in [1.807, 2.05) is 0 Å². The lowest BCUT2D eigenvalue weighted by molar-refractivity contribution is 0.0302. The van der Waals surface area contributed by atoms with Gasteiger partial charge in [0, 0.05) is 0 Å². The summed E-state index contributed by atoms with van der Waals surface area (Å²) < 4.78 is 0. The van der Waals surface area contributed by atoms with Crippen LogP contribution in [0, 0.1) is 46.8 Å². The molecule has 1 nitrogen and oxygen atoms in total. The van der Waals surface area contributed by atoms with Crippen molar-refractivity contribution >= 4 is 0 Å². The molecule has 6 aliphatic rings. The van der Waals surface area contributed by atoms with Gasteiger partial charge < -0.3 is 5.73 Å². The molecule has 0 aromatic rings. The zero-order valence-corrected chi connectivity index (χ0v) is 8.65. The molecule has 6 aliphatic carbocycles. The van der Waals surface area contributed by atoms with Gasteiger partial charge in [0.05, 0.1) is 0 Å². The summed E-state index contributed by atoms with van der Waals surface area (Å²) in [5, 5.41) is 0. The number of rotatable bonds is 1. The number of nitrogens with two attached hydrogens (primary N) is 1. The maximum absolute atomic E-state index is 6.20. The zero-order valence-electron chi connectivity index (χ0n) is 8.65. The first kappa shape index (κ1) is 7.27. The van der Waals surface area contributed by atoms with Crippen LogP contribution >= 0.6 is 0 Å². The highest BCUT2D eigenvalue weighted by Crippen LogP contribution is 2.87. The Balaban J connectivity index is 1.80. The summed E-state index contributed by atoms with van der Waals surface area (Å²) in [7, 11) is 0. The third-order valence-electron chi connectivity index (χ3n) is 7.26. The molecule has 76 valence electrons. The van der Waals surface area contributed by atoms with Crippen LogP contribution in [0.1, 0.15) is 25.7 Å². The predicted molar refractivity (Wildman–Crippen MR) is 54.4 cm³/mol. The van der Waals surface area contributed by atoms with Crippen LogP contribution < -0.4 is 5.73 Å². The van der Waals surface area contributed by atoms with Crippen LogP contribution in [0.5, 0.6) is 0 Å². The minimum atomic E-state index is 0.696. The number of hydrogen-bond donors (Lipinski definition) is 1. The van der Waals surface area contributed by atoms with E-state index in [0.29, 0.717) is 5.41 Å². The van der Waals surface area contributed by atoms with Crippen molar-refractivity contribution in [3.8, 4) is 0 Å². The highest BCUT2D eigenvalue weighted by Gasteiger charge is 2.83. The van der Waals surface area contributed by atoms with Gasteiger partial charge in [-0.25, -0.2) is 0 Å². The molecule has 6 rings (SSSR count). The normalized spacial score (nSPS) is 75.6. The van der Waals surface area contributed by atoms with Crippen LogP contribution in [0.3, 0.4) is 0 Å². The molecule has 8 atom stereocenters. The molecular formula is C13H19N. The van der Waals surface area contributed by atoms with Gasteiger partial charge in [-0.05, 0) is 79.1 Å². The summed E-state index contributed by atoms with van der Waals surface area (Å²) in [5.41, 5.74) is 6.89. The van der Waals surface area contributed by atoms with Gasteiger partial charge in [-0.3, -0.25) is 0 Å². The lowest BCUT2D eigenvalue weighted by Gasteiger charge is -2.46. The second-order valence-electron chi connectivity index (χ2n) is 6.69. The van der Waals surface area contributed by atoms with Crippen LogP contribution in [0.15, 0.2) is 0 Å². The van der Waals surface area contributed by atoms with Crippen LogP contribution in [-0.4, -0.2) is 6.54 Å². The molecule has 1 heteroatoms. The fraction of sp³-hybridized carbons (Fsp3) is 1.00. The Morgan fingerprint density at radius 2 is 1.50 bits per heavy atom. The average Bonchev–Trinajstić information content (AvgIpc) is 2.96. The molecule has 0 aromatic carbocycles. The largest absolute Gasteiger partial charge is 0.330 e. The van der Waals surface area contributed by atoms with E-state index < -0.39 is 0 Å². The summed E-state index contributed by atoms with van der Waals surface area (Å²) in [6.07, 6.45) is 6.23. The van der Waals surface area contributed by atoms with E-state index in [0.717, 1.165) is 36.1 Å². The molecular weight excluding hydrogens is 170 g/mol. The van der Waals surface area contributed by atoms with Crippen molar-refractivity contribution in [3.05, 3.63) is 0 Å². The molecule has 0 radical (unpaired) electrons. The molecule has 0 aromatic heterocycles. The van der Waals surface area contributed by atoms with Crippen molar-refractivity contribution in [3.63, 3.8) is 0 Å². The standard InChI is InChI=1S/C13H19N/c14-5-13-8-3-1-6-10(8)11-7(12(6)13)2-4-9(11)13/h6-12H,1-5,14H2/t6-,7+,8+,9-,10-,11+,12?,13?. The second-order valence-corrected chi connectivity index (χ2v) is 6.69. The molecule has 0 amide bonds. The molecule has 0 spiro atoms. The van der Waals surface area contributed by atoms with E-state index >= 15 is 0 Å². The monoisotopic (exact) mass is 189 g/mol. The Bertz CT molecular complexity index is 293. The average molecular weight is 189 g/mol. The maximum atomic E-state index is 6.20. The van der Waals surface area contributed by atoms with E-state index in [1.165, 1.54) is 11.8 Å². The van der Waals surface area contributed by atoms with Crippen LogP contribution in [0.2, 0.25) is 0 Å². The molecule has 0 heterocycles. The highest BCUT2D eigenvalue weighted by atomic mass is 14.9. The Morgan fingerprint density at radius 1 is 0.929 bits per heavy atom. The minimum Gasteiger partial charge on any atom is -0.330 e. The molecule has 6 fully saturated rings. The van der Waals surface area contributed by atoms with Crippen LogP contribution in [-0.2, 0) is 0 Å². The summed E-state index contributed by atoms with van der Waals surface area (Å²) >= 11 is 0. The van der Waals surface area contributed by atoms with Crippen LogP contribution in [0.25, 0.3) is 0 Å². The molecule has 2 unspecified atom stereocenters. The Hall–Kier alpha value is -0.0400. The van der Waals surface area contributed by atoms with E-state index in [1.54, 1.807) is 25.7 Å². The fourth-order valence-corrected chi connectivity index (χ4v) is 7.63. The van der Waals surface area contributed by atoms with Gasteiger partial charge in [-0.15, -0.1) is 0 Å². The van der Waals surface area contributed by atoms with Crippen molar-refractivity contribution in [1.29, 1.82) is 0 Å². The maximum Gasteiger partial charge on any atom is -0.00121 e. The van der Waals surface area contributed by atoms with Crippen molar-refractivity contribution in [2.45, 2.75) is 25.7 Å². The van der Waals surface area contributed by atoms with E-state index in [-0.39, 0.29) is 0 Å². The van der Waals surface area contributed by atoms with E-state index in [2.05, 4.69) is 0 Å². The Labute approximate surface area is 85.4 Å². The molecule has 14 heavy (non-hydrogen) atoms. The molecule has 6 saturated carbocycles. The van der Waals surface area contributed by atoms with E-state index in [9.17, 15) is 0 Å². The SMILES string of the molecule is NCC12C3[C@H]4CC[C@@H]1[C@H]4[C@@H]1[C@H]3CC[C@@H]12. The van der Waals surface area contributed by atoms with Crippen molar-refractivity contribution in [2.75, 3.05) is 6.54 Å². The first-order valence-corrected chi connectivity index (χ1v) is 6.59. The number of hydrogen-bond acceptors (Lipinski definition) is 1. The van der Waals surface area contributed by atoms with Crippen LogP contribution in [0.4, 0.5) is 0 Å². The van der Waals surface area contributed by atoms with Gasteiger partial charge in [0.2, 0.25) is 0 Å². The van der Waals surface area contributed by atoms with Gasteiger partial charge in [0.25, 0.3) is 0 Å². The molecule has 2 N–H and O–H groups in total. The van der Waals surface area contributed by atoms with Crippen molar-refractivity contribution in [1.82, 2.24) is 0 Å². The predicted octanol–water partition coefficient (Wildman–Crippen LogP) is 1.87. The Morgan fingerprint density at radius 3 is 1.93 bits per heavy atom. The van der Waals surface area contributed by atoms with Gasteiger partial charge in [-0.2, -0.15) is 0 Å². The zero-order chi connectivity index (χ0) is 9.08. The summed E-state index contributed by atoms with van der Waals surface area (Å²) in [5.74, 6) is 7.93. The van der Waals surface area contributed by atoms with E-state index in [4.69, 9.17) is 5.73 Å². The van der Waals surface area contributed by atoms with Gasteiger partial charge in [-0.1, -0.05) is 0 Å². The van der Waals surface area contributed by atoms with Gasteiger partial charge >= 0.3 is 0 Å². The molecule has 0 aliphatic heterocycles. The van der Waals surface area contributed by atoms with Gasteiger partial charge in [0.1, 0.15) is 0 Å². The third kappa shape index (κ3) is 0.413. The van der Waals surface area contributed by atoms with Gasteiger partial charge in [0.15, 0.2) is 0 Å². The molecule has 0 saturated heterocycles. The lowest BCUT2D eigenvalue weighted by Crippen LogP contribution is -2.46. The highest BCUT2D eigenvalue weighted by molar-refractivity contribution is 5.31. The summed E-state index contributed by atoms with van der Waals surface area (Å²) in [6.45, 7) is 1.03. The fourth-order valence-electron chi connectivity index (χ4n) is 7.63. The topological polar surface area (TPSA) is 26.0 Å². The smallest absolute Gasteiger partial charge is 0.00121 e.